The number of aliphatic hydroxyl groups is 1. The lowest BCUT2D eigenvalue weighted by atomic mass is 10.1. The molecule has 0 aliphatic heterocycles. The molecule has 0 fully saturated rings. The van der Waals surface area contributed by atoms with Crippen molar-refractivity contribution in [2.45, 2.75) is 6.61 Å². The summed E-state index contributed by atoms with van der Waals surface area (Å²) >= 11 is 0. The van der Waals surface area contributed by atoms with Crippen molar-refractivity contribution in [2.24, 2.45) is 0 Å². The smallest absolute Gasteiger partial charge is 0.354 e. The Morgan fingerprint density at radius 1 is 1.15 bits per heavy atom. The van der Waals surface area contributed by atoms with Gasteiger partial charge in [0.15, 0.2) is 0 Å². The third kappa shape index (κ3) is 4.42. The van der Waals surface area contributed by atoms with Gasteiger partial charge >= 0.3 is 11.9 Å². The van der Waals surface area contributed by atoms with E-state index in [1.54, 1.807) is 30.3 Å². The van der Waals surface area contributed by atoms with E-state index in [1.807, 2.05) is 0 Å². The highest BCUT2D eigenvalue weighted by Crippen LogP contribution is 2.34. The first-order valence-corrected chi connectivity index (χ1v) is 7.55. The van der Waals surface area contributed by atoms with Gasteiger partial charge in [0.2, 0.25) is 0 Å². The maximum atomic E-state index is 11.8. The summed E-state index contributed by atoms with van der Waals surface area (Å²) in [6, 6.07) is 8.40. The van der Waals surface area contributed by atoms with E-state index in [4.69, 9.17) is 14.3 Å². The molecule has 2 N–H and O–H groups in total. The number of anilines is 1. The molecule has 0 saturated carbocycles. The number of esters is 2. The molecule has 26 heavy (non-hydrogen) atoms. The summed E-state index contributed by atoms with van der Waals surface area (Å²) in [5.41, 5.74) is 1.06. The van der Waals surface area contributed by atoms with Gasteiger partial charge in [-0.3, -0.25) is 0 Å². The van der Waals surface area contributed by atoms with E-state index < -0.39 is 11.9 Å². The third-order valence-electron chi connectivity index (χ3n) is 3.43. The van der Waals surface area contributed by atoms with Gasteiger partial charge in [0.05, 0.1) is 33.0 Å². The Balaban J connectivity index is 2.34. The van der Waals surface area contributed by atoms with E-state index in [0.29, 0.717) is 28.5 Å². The van der Waals surface area contributed by atoms with Gasteiger partial charge in [0.1, 0.15) is 29.6 Å². The molecule has 1 aromatic carbocycles. The zero-order chi connectivity index (χ0) is 19.1. The van der Waals surface area contributed by atoms with E-state index in [-0.39, 0.29) is 12.3 Å². The van der Waals surface area contributed by atoms with E-state index >= 15 is 0 Å². The molecule has 0 aliphatic rings. The first-order chi connectivity index (χ1) is 12.5. The summed E-state index contributed by atoms with van der Waals surface area (Å²) in [5, 5.41) is 11.9. The molecule has 0 unspecified atom stereocenters. The predicted molar refractivity (Wildman–Crippen MR) is 92.4 cm³/mol. The van der Waals surface area contributed by atoms with Gasteiger partial charge in [0, 0.05) is 11.8 Å². The van der Waals surface area contributed by atoms with Crippen LogP contribution in [0.15, 0.2) is 46.5 Å². The van der Waals surface area contributed by atoms with Crippen molar-refractivity contribution in [1.29, 1.82) is 0 Å². The second kappa shape index (κ2) is 8.72. The second-order valence-electron chi connectivity index (χ2n) is 5.04. The number of nitrogens with one attached hydrogen (secondary N) is 1. The minimum Gasteiger partial charge on any atom is -0.496 e. The first kappa shape index (κ1) is 19.1. The zero-order valence-corrected chi connectivity index (χ0v) is 14.6. The number of carbonyl (C=O) groups excluding carboxylic acids is 2. The van der Waals surface area contributed by atoms with Crippen LogP contribution in [-0.4, -0.2) is 38.4 Å². The molecule has 8 nitrogen and oxygen atoms in total. The number of rotatable bonds is 7. The Kier molecular flexibility index (Phi) is 6.40. The minimum atomic E-state index is -0.725. The molecular weight excluding hydrogens is 342 g/mol. The average Bonchev–Trinajstić information content (AvgIpc) is 3.15. The topological polar surface area (TPSA) is 107 Å². The molecule has 1 aromatic heterocycles. The van der Waals surface area contributed by atoms with Crippen LogP contribution in [0.3, 0.4) is 0 Å². The van der Waals surface area contributed by atoms with Crippen molar-refractivity contribution < 1.29 is 33.3 Å². The number of ether oxygens (including phenoxy) is 3. The Bertz CT molecular complexity index is 823. The lowest BCUT2D eigenvalue weighted by Crippen LogP contribution is -2.15. The lowest BCUT2D eigenvalue weighted by molar-refractivity contribution is -0.138. The summed E-state index contributed by atoms with van der Waals surface area (Å²) in [6.07, 6.45) is 0.992. The summed E-state index contributed by atoms with van der Waals surface area (Å²) in [4.78, 5) is 23.2. The lowest BCUT2D eigenvalue weighted by Gasteiger charge is -2.12. The average molecular weight is 361 g/mol. The van der Waals surface area contributed by atoms with Crippen molar-refractivity contribution in [3.8, 4) is 17.1 Å². The minimum absolute atomic E-state index is 0.0882. The van der Waals surface area contributed by atoms with E-state index in [0.717, 1.165) is 6.08 Å². The van der Waals surface area contributed by atoms with Gasteiger partial charge < -0.3 is 29.1 Å². The Labute approximate surface area is 150 Å². The van der Waals surface area contributed by atoms with E-state index in [2.05, 4.69) is 14.8 Å². The first-order valence-electron chi connectivity index (χ1n) is 7.55. The molecule has 2 rings (SSSR count). The standard InChI is InChI=1S/C18H19NO7/c1-23-16-8-11(19-14(18(22)25-3)9-17(21)24-2)4-6-13(16)15-7-5-12(10-20)26-15/h4-9,19-20H,10H2,1-3H3/b14-9+. The number of aliphatic hydroxyl groups excluding tert-OH is 1. The molecule has 8 heteroatoms. The van der Waals surface area contributed by atoms with Crippen molar-refractivity contribution in [1.82, 2.24) is 0 Å². The number of benzene rings is 1. The number of carbonyl (C=O) groups is 2. The molecule has 1 heterocycles. The zero-order valence-electron chi connectivity index (χ0n) is 14.6. The van der Waals surface area contributed by atoms with Gasteiger partial charge in [-0.25, -0.2) is 9.59 Å². The van der Waals surface area contributed by atoms with Gasteiger partial charge in [-0.05, 0) is 24.3 Å². The fourth-order valence-electron chi connectivity index (χ4n) is 2.17. The monoisotopic (exact) mass is 361 g/mol. The molecular formula is C18H19NO7. The van der Waals surface area contributed by atoms with Crippen LogP contribution in [0.5, 0.6) is 5.75 Å². The van der Waals surface area contributed by atoms with Crippen molar-refractivity contribution in [2.75, 3.05) is 26.6 Å². The van der Waals surface area contributed by atoms with Gasteiger partial charge in [-0.15, -0.1) is 0 Å². The number of methoxy groups -OCH3 is 3. The van der Waals surface area contributed by atoms with Gasteiger partial charge in [-0.2, -0.15) is 0 Å². The van der Waals surface area contributed by atoms with Crippen LogP contribution >= 0.6 is 0 Å². The van der Waals surface area contributed by atoms with Crippen molar-refractivity contribution in [3.05, 3.63) is 47.9 Å². The molecule has 0 aliphatic carbocycles. The summed E-state index contributed by atoms with van der Waals surface area (Å²) in [5.74, 6) is -0.00391. The Hall–Kier alpha value is -3.26. The van der Waals surface area contributed by atoms with Crippen LogP contribution in [0.1, 0.15) is 5.76 Å². The van der Waals surface area contributed by atoms with Crippen LogP contribution in [0.2, 0.25) is 0 Å². The number of hydrogen-bond acceptors (Lipinski definition) is 8. The quantitative estimate of drug-likeness (QED) is 0.570. The summed E-state index contributed by atoms with van der Waals surface area (Å²) < 4.78 is 20.0. The number of furan rings is 1. The van der Waals surface area contributed by atoms with Crippen LogP contribution in [-0.2, 0) is 25.7 Å². The molecule has 138 valence electrons. The normalized spacial score (nSPS) is 11.0. The third-order valence-corrected chi connectivity index (χ3v) is 3.43. The highest BCUT2D eigenvalue weighted by atomic mass is 16.5. The maximum absolute atomic E-state index is 11.8. The van der Waals surface area contributed by atoms with E-state index in [9.17, 15) is 9.59 Å². The van der Waals surface area contributed by atoms with Crippen LogP contribution < -0.4 is 10.1 Å². The highest BCUT2D eigenvalue weighted by molar-refractivity contribution is 5.98. The van der Waals surface area contributed by atoms with Crippen molar-refractivity contribution in [3.63, 3.8) is 0 Å². The van der Waals surface area contributed by atoms with Gasteiger partial charge in [-0.1, -0.05) is 0 Å². The molecule has 0 bridgehead atoms. The molecule has 0 saturated heterocycles. The molecule has 0 atom stereocenters. The fourth-order valence-corrected chi connectivity index (χ4v) is 2.17. The van der Waals surface area contributed by atoms with Crippen molar-refractivity contribution >= 4 is 17.6 Å². The fraction of sp³-hybridized carbons (Fsp3) is 0.222. The predicted octanol–water partition coefficient (Wildman–Crippen LogP) is 2.09. The maximum Gasteiger partial charge on any atom is 0.354 e. The summed E-state index contributed by atoms with van der Waals surface area (Å²) in [7, 11) is 3.90. The molecule has 0 spiro atoms. The summed E-state index contributed by atoms with van der Waals surface area (Å²) in [6.45, 7) is -0.206. The Morgan fingerprint density at radius 2 is 1.92 bits per heavy atom. The largest absolute Gasteiger partial charge is 0.496 e. The van der Waals surface area contributed by atoms with Crippen LogP contribution in [0, 0.1) is 0 Å². The van der Waals surface area contributed by atoms with Gasteiger partial charge in [0.25, 0.3) is 0 Å². The Morgan fingerprint density at radius 3 is 2.50 bits per heavy atom. The van der Waals surface area contributed by atoms with Crippen LogP contribution in [0.4, 0.5) is 5.69 Å². The second-order valence-corrected chi connectivity index (χ2v) is 5.04. The molecule has 0 radical (unpaired) electrons. The molecule has 2 aromatic rings. The SMILES string of the molecule is COC(=O)/C=C(/Nc1ccc(-c2ccc(CO)o2)c(OC)c1)C(=O)OC. The highest BCUT2D eigenvalue weighted by Gasteiger charge is 2.15. The molecule has 0 amide bonds. The van der Waals surface area contributed by atoms with E-state index in [1.165, 1.54) is 21.3 Å². The van der Waals surface area contributed by atoms with Crippen LogP contribution in [0.25, 0.3) is 11.3 Å². The number of hydrogen-bond donors (Lipinski definition) is 2.